The fourth-order valence-electron chi connectivity index (χ4n) is 2.07. The average molecular weight is 436 g/mol. The van der Waals surface area contributed by atoms with Crippen LogP contribution in [-0.2, 0) is 13.0 Å². The summed E-state index contributed by atoms with van der Waals surface area (Å²) in [6, 6.07) is 6.16. The van der Waals surface area contributed by atoms with E-state index in [-0.39, 0.29) is 0 Å². The molecule has 0 saturated heterocycles. The molecule has 0 radical (unpaired) electrons. The van der Waals surface area contributed by atoms with Gasteiger partial charge in [0.1, 0.15) is 11.3 Å². The minimum absolute atomic E-state index is 0.554. The molecular formula is C13H10Br2ClN3S. The third kappa shape index (κ3) is 2.93. The van der Waals surface area contributed by atoms with E-state index in [0.717, 1.165) is 38.2 Å². The van der Waals surface area contributed by atoms with Crippen LogP contribution in [0, 0.1) is 0 Å². The van der Waals surface area contributed by atoms with Crippen molar-refractivity contribution in [2.75, 3.05) is 5.88 Å². The summed E-state index contributed by atoms with van der Waals surface area (Å²) in [4.78, 5) is 10.4. The van der Waals surface area contributed by atoms with Crippen molar-refractivity contribution in [3.8, 4) is 0 Å². The van der Waals surface area contributed by atoms with Gasteiger partial charge in [-0.25, -0.2) is 9.97 Å². The summed E-state index contributed by atoms with van der Waals surface area (Å²) in [6.07, 6.45) is 2.54. The topological polar surface area (TPSA) is 30.7 Å². The number of hydrogen-bond donors (Lipinski definition) is 0. The molecule has 3 aromatic rings. The first-order valence-corrected chi connectivity index (χ1v) is 8.92. The van der Waals surface area contributed by atoms with Crippen LogP contribution in [0.1, 0.15) is 10.7 Å². The van der Waals surface area contributed by atoms with Gasteiger partial charge in [-0.3, -0.25) is 0 Å². The molecule has 3 heterocycles. The fourth-order valence-corrected chi connectivity index (χ4v) is 4.03. The van der Waals surface area contributed by atoms with Gasteiger partial charge in [0, 0.05) is 27.8 Å². The van der Waals surface area contributed by atoms with E-state index >= 15 is 0 Å². The maximum Gasteiger partial charge on any atom is 0.160 e. The zero-order valence-electron chi connectivity index (χ0n) is 10.3. The maximum absolute atomic E-state index is 5.89. The third-order valence-electron chi connectivity index (χ3n) is 2.89. The van der Waals surface area contributed by atoms with Crippen molar-refractivity contribution in [1.82, 2.24) is 14.5 Å². The van der Waals surface area contributed by atoms with Gasteiger partial charge in [0.2, 0.25) is 0 Å². The van der Waals surface area contributed by atoms with E-state index in [1.54, 1.807) is 17.5 Å². The number of imidazole rings is 1. The molecule has 0 atom stereocenters. The highest BCUT2D eigenvalue weighted by Crippen LogP contribution is 2.25. The Morgan fingerprint density at radius 3 is 2.85 bits per heavy atom. The summed E-state index contributed by atoms with van der Waals surface area (Å²) in [5, 5.41) is 0. The van der Waals surface area contributed by atoms with E-state index in [1.165, 1.54) is 4.88 Å². The standard InChI is InChI=1S/C13H10Br2ClN3S/c14-8-5-10-13(17-6-8)19(12(18-10)3-4-16)7-9-1-2-11(15)20-9/h1-2,5-6H,3-4,7H2. The molecule has 3 rings (SSSR count). The number of aryl methyl sites for hydroxylation is 1. The molecule has 20 heavy (non-hydrogen) atoms. The molecular weight excluding hydrogens is 425 g/mol. The van der Waals surface area contributed by atoms with E-state index in [4.69, 9.17) is 11.6 Å². The van der Waals surface area contributed by atoms with Crippen LogP contribution >= 0.6 is 54.8 Å². The number of nitrogens with zero attached hydrogens (tertiary/aromatic N) is 3. The van der Waals surface area contributed by atoms with E-state index in [0.29, 0.717) is 5.88 Å². The molecule has 7 heteroatoms. The Labute approximate surface area is 142 Å². The summed E-state index contributed by atoms with van der Waals surface area (Å²) in [7, 11) is 0. The zero-order chi connectivity index (χ0) is 14.1. The molecule has 0 saturated carbocycles. The van der Waals surface area contributed by atoms with Crippen LogP contribution < -0.4 is 0 Å². The number of aromatic nitrogens is 3. The lowest BCUT2D eigenvalue weighted by molar-refractivity contribution is 0.756. The molecule has 3 nitrogen and oxygen atoms in total. The molecule has 0 unspecified atom stereocenters. The Balaban J connectivity index is 2.08. The van der Waals surface area contributed by atoms with Crippen molar-refractivity contribution >= 4 is 66.0 Å². The van der Waals surface area contributed by atoms with Gasteiger partial charge >= 0.3 is 0 Å². The van der Waals surface area contributed by atoms with Gasteiger partial charge in [-0.05, 0) is 50.1 Å². The SMILES string of the molecule is ClCCc1nc2cc(Br)cnc2n1Cc1ccc(Br)s1. The second kappa shape index (κ2) is 6.13. The molecule has 0 fully saturated rings. The lowest BCUT2D eigenvalue weighted by atomic mass is 10.4. The predicted molar refractivity (Wildman–Crippen MR) is 90.8 cm³/mol. The van der Waals surface area contributed by atoms with Crippen LogP contribution in [0.25, 0.3) is 11.2 Å². The van der Waals surface area contributed by atoms with Crippen LogP contribution in [0.4, 0.5) is 0 Å². The Bertz CT molecular complexity index is 753. The Kier molecular flexibility index (Phi) is 4.45. The second-order valence-corrected chi connectivity index (χ2v) is 8.10. The van der Waals surface area contributed by atoms with Gasteiger partial charge in [0.25, 0.3) is 0 Å². The smallest absolute Gasteiger partial charge is 0.160 e. The van der Waals surface area contributed by atoms with E-state index in [2.05, 4.69) is 58.5 Å². The van der Waals surface area contributed by atoms with Crippen molar-refractivity contribution in [3.63, 3.8) is 0 Å². The van der Waals surface area contributed by atoms with Crippen LogP contribution in [0.5, 0.6) is 0 Å². The summed E-state index contributed by atoms with van der Waals surface area (Å²) in [5.41, 5.74) is 1.80. The second-order valence-electron chi connectivity index (χ2n) is 4.26. The number of hydrogen-bond acceptors (Lipinski definition) is 3. The summed E-state index contributed by atoms with van der Waals surface area (Å²) in [5.74, 6) is 1.53. The Hall–Kier alpha value is -0.430. The first-order chi connectivity index (χ1) is 9.67. The molecule has 0 aromatic carbocycles. The van der Waals surface area contributed by atoms with Gasteiger partial charge in [0.05, 0.1) is 10.3 Å². The van der Waals surface area contributed by atoms with Gasteiger partial charge in [-0.15, -0.1) is 22.9 Å². The van der Waals surface area contributed by atoms with E-state index in [1.807, 2.05) is 6.07 Å². The highest BCUT2D eigenvalue weighted by atomic mass is 79.9. The number of rotatable bonds is 4. The fraction of sp³-hybridized carbons (Fsp3) is 0.231. The Morgan fingerprint density at radius 1 is 1.30 bits per heavy atom. The zero-order valence-corrected chi connectivity index (χ0v) is 15.1. The van der Waals surface area contributed by atoms with Crippen molar-refractivity contribution in [3.05, 3.63) is 43.4 Å². The molecule has 0 spiro atoms. The number of halogens is 3. The highest BCUT2D eigenvalue weighted by molar-refractivity contribution is 9.11. The van der Waals surface area contributed by atoms with E-state index < -0.39 is 0 Å². The van der Waals surface area contributed by atoms with Crippen LogP contribution in [0.2, 0.25) is 0 Å². The molecule has 3 aromatic heterocycles. The number of fused-ring (bicyclic) bond motifs is 1. The van der Waals surface area contributed by atoms with Crippen molar-refractivity contribution in [1.29, 1.82) is 0 Å². The predicted octanol–water partition coefficient (Wildman–Crippen LogP) is 4.85. The first-order valence-electron chi connectivity index (χ1n) is 5.98. The van der Waals surface area contributed by atoms with Gasteiger partial charge in [0.15, 0.2) is 5.65 Å². The maximum atomic E-state index is 5.89. The third-order valence-corrected chi connectivity index (χ3v) is 5.12. The molecule has 0 bridgehead atoms. The van der Waals surface area contributed by atoms with Crippen molar-refractivity contribution in [2.45, 2.75) is 13.0 Å². The number of thiophene rings is 1. The molecule has 0 N–H and O–H groups in total. The minimum Gasteiger partial charge on any atom is -0.307 e. The van der Waals surface area contributed by atoms with Crippen molar-refractivity contribution in [2.24, 2.45) is 0 Å². The lowest BCUT2D eigenvalue weighted by Gasteiger charge is -2.06. The van der Waals surface area contributed by atoms with Crippen LogP contribution in [0.15, 0.2) is 32.7 Å². The largest absolute Gasteiger partial charge is 0.307 e. The Morgan fingerprint density at radius 2 is 2.15 bits per heavy atom. The van der Waals surface area contributed by atoms with Gasteiger partial charge in [-0.2, -0.15) is 0 Å². The first kappa shape index (κ1) is 14.5. The highest BCUT2D eigenvalue weighted by Gasteiger charge is 2.13. The normalized spacial score (nSPS) is 11.3. The molecule has 0 amide bonds. The monoisotopic (exact) mass is 433 g/mol. The molecule has 0 aliphatic carbocycles. The van der Waals surface area contributed by atoms with Crippen LogP contribution in [0.3, 0.4) is 0 Å². The van der Waals surface area contributed by atoms with Gasteiger partial charge < -0.3 is 4.57 Å². The minimum atomic E-state index is 0.554. The number of pyridine rings is 1. The quantitative estimate of drug-likeness (QED) is 0.549. The molecule has 104 valence electrons. The lowest BCUT2D eigenvalue weighted by Crippen LogP contribution is -2.05. The molecule has 0 aliphatic rings. The summed E-state index contributed by atoms with van der Waals surface area (Å²) in [6.45, 7) is 0.771. The van der Waals surface area contributed by atoms with E-state index in [9.17, 15) is 0 Å². The van der Waals surface area contributed by atoms with Gasteiger partial charge in [-0.1, -0.05) is 0 Å². The molecule has 0 aliphatic heterocycles. The van der Waals surface area contributed by atoms with Crippen LogP contribution in [-0.4, -0.2) is 20.4 Å². The average Bonchev–Trinajstić information content (AvgIpc) is 2.95. The number of alkyl halides is 1. The summed E-state index contributed by atoms with van der Waals surface area (Å²) >= 11 is 14.5. The summed E-state index contributed by atoms with van der Waals surface area (Å²) < 4.78 is 4.21. The van der Waals surface area contributed by atoms with Crippen molar-refractivity contribution < 1.29 is 0 Å².